The number of rotatable bonds is 1. The summed E-state index contributed by atoms with van der Waals surface area (Å²) in [5.41, 5.74) is 6.32. The minimum Gasteiger partial charge on any atom is -0.372 e. The molecule has 4 atom stereocenters. The molecule has 0 aromatic carbocycles. The maximum Gasteiger partial charge on any atom is 0.225 e. The number of hydrogen-bond acceptors (Lipinski definition) is 3. The predicted octanol–water partition coefficient (Wildman–Crippen LogP) is 2.20. The SMILES string of the molecule is CC1CN(C(=O)C2CC3CCCC(C2)C3N)CC(C)O1.Cl. The minimum atomic E-state index is 0. The van der Waals surface area contributed by atoms with Gasteiger partial charge in [0.2, 0.25) is 5.91 Å². The number of ether oxygens (including phenoxy) is 1. The van der Waals surface area contributed by atoms with Crippen LogP contribution < -0.4 is 5.73 Å². The Bertz CT molecular complexity index is 355. The molecule has 2 N–H and O–H groups in total. The quantitative estimate of drug-likeness (QED) is 0.807. The molecule has 3 fully saturated rings. The van der Waals surface area contributed by atoms with Gasteiger partial charge in [-0.1, -0.05) is 6.42 Å². The van der Waals surface area contributed by atoms with E-state index >= 15 is 0 Å². The van der Waals surface area contributed by atoms with E-state index in [9.17, 15) is 4.79 Å². The van der Waals surface area contributed by atoms with Gasteiger partial charge < -0.3 is 15.4 Å². The summed E-state index contributed by atoms with van der Waals surface area (Å²) in [6, 6.07) is 0.343. The number of fused-ring (bicyclic) bond motifs is 2. The van der Waals surface area contributed by atoms with Gasteiger partial charge in [0.15, 0.2) is 0 Å². The van der Waals surface area contributed by atoms with Crippen molar-refractivity contribution < 1.29 is 9.53 Å². The molecule has 4 nitrogen and oxygen atoms in total. The Morgan fingerprint density at radius 3 is 2.14 bits per heavy atom. The summed E-state index contributed by atoms with van der Waals surface area (Å²) >= 11 is 0. The van der Waals surface area contributed by atoms with Crippen LogP contribution in [0.4, 0.5) is 0 Å². The van der Waals surface area contributed by atoms with E-state index in [-0.39, 0.29) is 30.5 Å². The molecule has 122 valence electrons. The van der Waals surface area contributed by atoms with Gasteiger partial charge in [-0.15, -0.1) is 12.4 Å². The molecule has 1 aliphatic heterocycles. The lowest BCUT2D eigenvalue weighted by Crippen LogP contribution is -2.53. The topological polar surface area (TPSA) is 55.6 Å². The van der Waals surface area contributed by atoms with E-state index in [0.29, 0.717) is 23.8 Å². The van der Waals surface area contributed by atoms with Crippen LogP contribution in [0.5, 0.6) is 0 Å². The predicted molar refractivity (Wildman–Crippen MR) is 85.4 cm³/mol. The van der Waals surface area contributed by atoms with Gasteiger partial charge >= 0.3 is 0 Å². The van der Waals surface area contributed by atoms with E-state index in [1.807, 2.05) is 4.90 Å². The molecule has 5 heteroatoms. The Hall–Kier alpha value is -0.320. The number of carbonyl (C=O) groups excluding carboxylic acids is 1. The Labute approximate surface area is 134 Å². The molecule has 3 aliphatic rings. The Balaban J connectivity index is 0.00000161. The molecule has 2 bridgehead atoms. The van der Waals surface area contributed by atoms with Crippen molar-refractivity contribution in [3.05, 3.63) is 0 Å². The van der Waals surface area contributed by atoms with Crippen LogP contribution in [0.3, 0.4) is 0 Å². The first-order chi connectivity index (χ1) is 9.54. The second kappa shape index (κ2) is 6.84. The fraction of sp³-hybridized carbons (Fsp3) is 0.938. The molecule has 21 heavy (non-hydrogen) atoms. The smallest absolute Gasteiger partial charge is 0.225 e. The molecular weight excluding hydrogens is 288 g/mol. The summed E-state index contributed by atoms with van der Waals surface area (Å²) in [4.78, 5) is 14.8. The molecule has 0 radical (unpaired) electrons. The van der Waals surface area contributed by atoms with E-state index in [4.69, 9.17) is 10.5 Å². The molecule has 0 aromatic heterocycles. The van der Waals surface area contributed by atoms with Crippen LogP contribution in [-0.2, 0) is 9.53 Å². The van der Waals surface area contributed by atoms with Gasteiger partial charge in [-0.25, -0.2) is 0 Å². The van der Waals surface area contributed by atoms with Gasteiger partial charge in [-0.2, -0.15) is 0 Å². The highest BCUT2D eigenvalue weighted by atomic mass is 35.5. The molecule has 3 rings (SSSR count). The summed E-state index contributed by atoms with van der Waals surface area (Å²) in [7, 11) is 0. The van der Waals surface area contributed by atoms with Crippen LogP contribution in [0.25, 0.3) is 0 Å². The van der Waals surface area contributed by atoms with Crippen molar-refractivity contribution in [2.24, 2.45) is 23.5 Å². The lowest BCUT2D eigenvalue weighted by atomic mass is 9.65. The number of nitrogens with zero attached hydrogens (tertiary/aromatic N) is 1. The zero-order chi connectivity index (χ0) is 14.3. The third kappa shape index (κ3) is 3.54. The van der Waals surface area contributed by atoms with E-state index in [1.54, 1.807) is 0 Å². The van der Waals surface area contributed by atoms with Crippen molar-refractivity contribution in [1.82, 2.24) is 4.90 Å². The average molecular weight is 317 g/mol. The number of carbonyl (C=O) groups is 1. The summed E-state index contributed by atoms with van der Waals surface area (Å²) in [6.07, 6.45) is 6.08. The highest BCUT2D eigenvalue weighted by molar-refractivity contribution is 5.85. The zero-order valence-corrected chi connectivity index (χ0v) is 14.0. The summed E-state index contributed by atoms with van der Waals surface area (Å²) < 4.78 is 5.73. The first-order valence-electron chi connectivity index (χ1n) is 8.24. The van der Waals surface area contributed by atoms with E-state index in [1.165, 1.54) is 19.3 Å². The molecule has 1 saturated heterocycles. The van der Waals surface area contributed by atoms with Crippen molar-refractivity contribution in [2.45, 2.75) is 64.2 Å². The van der Waals surface area contributed by atoms with Gasteiger partial charge in [-0.3, -0.25) is 4.79 Å². The van der Waals surface area contributed by atoms with Crippen LogP contribution in [-0.4, -0.2) is 42.1 Å². The first-order valence-corrected chi connectivity index (χ1v) is 8.24. The van der Waals surface area contributed by atoms with E-state index < -0.39 is 0 Å². The molecule has 0 spiro atoms. The molecule has 1 heterocycles. The number of amides is 1. The lowest BCUT2D eigenvalue weighted by Gasteiger charge is -2.45. The van der Waals surface area contributed by atoms with Crippen molar-refractivity contribution in [3.63, 3.8) is 0 Å². The highest BCUT2D eigenvalue weighted by Crippen LogP contribution is 2.42. The maximum absolute atomic E-state index is 12.8. The van der Waals surface area contributed by atoms with Crippen molar-refractivity contribution in [1.29, 1.82) is 0 Å². The van der Waals surface area contributed by atoms with Gasteiger partial charge in [-0.05, 0) is 51.4 Å². The number of nitrogens with two attached hydrogens (primary N) is 1. The average Bonchev–Trinajstić information content (AvgIpc) is 2.36. The van der Waals surface area contributed by atoms with Crippen LogP contribution >= 0.6 is 12.4 Å². The molecule has 0 aromatic rings. The second-order valence-electron chi connectivity index (χ2n) is 7.20. The minimum absolute atomic E-state index is 0. The van der Waals surface area contributed by atoms with Gasteiger partial charge in [0.1, 0.15) is 0 Å². The number of morpholine rings is 1. The Kier molecular flexibility index (Phi) is 5.55. The molecule has 4 unspecified atom stereocenters. The van der Waals surface area contributed by atoms with Crippen molar-refractivity contribution >= 4 is 18.3 Å². The van der Waals surface area contributed by atoms with Crippen LogP contribution in [0.15, 0.2) is 0 Å². The molecular formula is C16H29ClN2O2. The summed E-state index contributed by atoms with van der Waals surface area (Å²) in [5.74, 6) is 1.72. The largest absolute Gasteiger partial charge is 0.372 e. The summed E-state index contributed by atoms with van der Waals surface area (Å²) in [5, 5.41) is 0. The Morgan fingerprint density at radius 2 is 1.62 bits per heavy atom. The zero-order valence-electron chi connectivity index (χ0n) is 13.2. The number of halogens is 1. The third-order valence-corrected chi connectivity index (χ3v) is 5.49. The van der Waals surface area contributed by atoms with Crippen molar-refractivity contribution in [3.8, 4) is 0 Å². The highest BCUT2D eigenvalue weighted by Gasteiger charge is 2.42. The van der Waals surface area contributed by atoms with Gasteiger partial charge in [0.25, 0.3) is 0 Å². The maximum atomic E-state index is 12.8. The van der Waals surface area contributed by atoms with Gasteiger partial charge in [0, 0.05) is 25.0 Å². The first kappa shape index (κ1) is 17.0. The molecule has 1 amide bonds. The van der Waals surface area contributed by atoms with Gasteiger partial charge in [0.05, 0.1) is 12.2 Å². The fourth-order valence-electron chi connectivity index (χ4n) is 4.61. The standard InChI is InChI=1S/C16H28N2O2.ClH/c1-10-8-18(9-11(2)20-10)16(19)14-6-12-4-3-5-13(7-14)15(12)17;/h10-15H,3-9,17H2,1-2H3;1H. The monoisotopic (exact) mass is 316 g/mol. The fourth-order valence-corrected chi connectivity index (χ4v) is 4.61. The van der Waals surface area contributed by atoms with E-state index in [0.717, 1.165) is 25.9 Å². The van der Waals surface area contributed by atoms with Crippen LogP contribution in [0.1, 0.15) is 46.0 Å². The van der Waals surface area contributed by atoms with Crippen LogP contribution in [0, 0.1) is 17.8 Å². The van der Waals surface area contributed by atoms with Crippen molar-refractivity contribution in [2.75, 3.05) is 13.1 Å². The summed E-state index contributed by atoms with van der Waals surface area (Å²) in [6.45, 7) is 5.62. The second-order valence-corrected chi connectivity index (χ2v) is 7.20. The van der Waals surface area contributed by atoms with E-state index in [2.05, 4.69) is 13.8 Å². The Morgan fingerprint density at radius 1 is 1.10 bits per heavy atom. The third-order valence-electron chi connectivity index (χ3n) is 5.49. The molecule has 2 aliphatic carbocycles. The number of hydrogen-bond donors (Lipinski definition) is 1. The lowest BCUT2D eigenvalue weighted by molar-refractivity contribution is -0.150. The normalized spacial score (nSPS) is 43.1. The van der Waals surface area contributed by atoms with Crippen LogP contribution in [0.2, 0.25) is 0 Å². The molecule has 2 saturated carbocycles.